The van der Waals surface area contributed by atoms with Crippen LogP contribution in [0.3, 0.4) is 0 Å². The molecule has 0 atom stereocenters. The highest BCUT2D eigenvalue weighted by Crippen LogP contribution is 2.25. The highest BCUT2D eigenvalue weighted by atomic mass is 16.5. The average Bonchev–Trinajstić information content (AvgIpc) is 2.55. The summed E-state index contributed by atoms with van der Waals surface area (Å²) in [5.41, 5.74) is 7.55. The van der Waals surface area contributed by atoms with Crippen LogP contribution in [-0.4, -0.2) is 13.0 Å². The van der Waals surface area contributed by atoms with Crippen molar-refractivity contribution in [3.05, 3.63) is 66.2 Å². The van der Waals surface area contributed by atoms with Crippen molar-refractivity contribution in [3.63, 3.8) is 0 Å². The zero-order valence-corrected chi connectivity index (χ0v) is 12.2. The molecule has 0 spiro atoms. The highest BCUT2D eigenvalue weighted by molar-refractivity contribution is 6.09. The van der Waals surface area contributed by atoms with E-state index in [0.29, 0.717) is 17.0 Å². The molecule has 3 rings (SSSR count). The van der Waals surface area contributed by atoms with E-state index in [1.54, 1.807) is 25.3 Å². The van der Waals surface area contributed by atoms with E-state index in [9.17, 15) is 4.79 Å². The maximum Gasteiger partial charge on any atom is 0.255 e. The summed E-state index contributed by atoms with van der Waals surface area (Å²) in [7, 11) is 1.54. The van der Waals surface area contributed by atoms with Gasteiger partial charge in [0.15, 0.2) is 0 Å². The molecule has 22 heavy (non-hydrogen) atoms. The van der Waals surface area contributed by atoms with Crippen LogP contribution in [0.5, 0.6) is 5.75 Å². The van der Waals surface area contributed by atoms with E-state index in [-0.39, 0.29) is 5.91 Å². The number of benzene rings is 3. The molecule has 0 aromatic heterocycles. The van der Waals surface area contributed by atoms with Crippen LogP contribution in [0.25, 0.3) is 10.8 Å². The van der Waals surface area contributed by atoms with Crippen LogP contribution in [-0.2, 0) is 0 Å². The molecule has 1 amide bonds. The van der Waals surface area contributed by atoms with Crippen LogP contribution in [0.4, 0.5) is 11.4 Å². The van der Waals surface area contributed by atoms with Crippen molar-refractivity contribution in [2.45, 2.75) is 0 Å². The molecule has 0 radical (unpaired) electrons. The second-order valence-corrected chi connectivity index (χ2v) is 4.94. The topological polar surface area (TPSA) is 64.3 Å². The molecular formula is C18H16N2O2. The molecule has 0 saturated heterocycles. The predicted molar refractivity (Wildman–Crippen MR) is 89.3 cm³/mol. The van der Waals surface area contributed by atoms with Crippen molar-refractivity contribution < 1.29 is 9.53 Å². The number of nitrogens with one attached hydrogen (secondary N) is 1. The molecule has 0 fully saturated rings. The molecule has 4 nitrogen and oxygen atoms in total. The largest absolute Gasteiger partial charge is 0.495 e. The third-order valence-electron chi connectivity index (χ3n) is 3.53. The van der Waals surface area contributed by atoms with E-state index in [4.69, 9.17) is 10.5 Å². The average molecular weight is 292 g/mol. The number of amides is 1. The van der Waals surface area contributed by atoms with Crippen LogP contribution in [0.15, 0.2) is 60.7 Å². The van der Waals surface area contributed by atoms with E-state index in [1.165, 1.54) is 0 Å². The lowest BCUT2D eigenvalue weighted by Crippen LogP contribution is -2.12. The normalized spacial score (nSPS) is 10.4. The Balaban J connectivity index is 1.92. The highest BCUT2D eigenvalue weighted by Gasteiger charge is 2.10. The van der Waals surface area contributed by atoms with Crippen molar-refractivity contribution in [1.29, 1.82) is 0 Å². The molecule has 0 aliphatic carbocycles. The van der Waals surface area contributed by atoms with Gasteiger partial charge in [-0.05, 0) is 29.7 Å². The quantitative estimate of drug-likeness (QED) is 0.724. The van der Waals surface area contributed by atoms with Gasteiger partial charge in [-0.15, -0.1) is 0 Å². The smallest absolute Gasteiger partial charge is 0.255 e. The summed E-state index contributed by atoms with van der Waals surface area (Å²) in [6.45, 7) is 0. The van der Waals surface area contributed by atoms with Crippen molar-refractivity contribution >= 4 is 28.1 Å². The number of fused-ring (bicyclic) bond motifs is 1. The molecule has 4 heteroatoms. The Hall–Kier alpha value is -3.01. The Kier molecular flexibility index (Phi) is 3.66. The first-order chi connectivity index (χ1) is 10.7. The van der Waals surface area contributed by atoms with Gasteiger partial charge in [0.2, 0.25) is 0 Å². The van der Waals surface area contributed by atoms with Crippen LogP contribution in [0, 0.1) is 0 Å². The SMILES string of the molecule is COc1ccc(C(=O)Nc2cccc3ccccc23)cc1N. The maximum absolute atomic E-state index is 12.4. The molecule has 0 unspecified atom stereocenters. The van der Waals surface area contributed by atoms with Gasteiger partial charge in [0.1, 0.15) is 5.75 Å². The first-order valence-corrected chi connectivity index (χ1v) is 6.91. The minimum atomic E-state index is -0.203. The summed E-state index contributed by atoms with van der Waals surface area (Å²) in [6.07, 6.45) is 0. The lowest BCUT2D eigenvalue weighted by atomic mass is 10.1. The number of ether oxygens (including phenoxy) is 1. The van der Waals surface area contributed by atoms with E-state index < -0.39 is 0 Å². The lowest BCUT2D eigenvalue weighted by molar-refractivity contribution is 0.102. The van der Waals surface area contributed by atoms with Gasteiger partial charge in [-0.3, -0.25) is 4.79 Å². The van der Waals surface area contributed by atoms with Gasteiger partial charge in [-0.25, -0.2) is 0 Å². The van der Waals surface area contributed by atoms with Gasteiger partial charge in [-0.1, -0.05) is 36.4 Å². The Morgan fingerprint density at radius 2 is 1.82 bits per heavy atom. The predicted octanol–water partition coefficient (Wildman–Crippen LogP) is 3.68. The number of hydrogen-bond donors (Lipinski definition) is 2. The molecule has 0 aliphatic heterocycles. The van der Waals surface area contributed by atoms with E-state index in [1.807, 2.05) is 42.5 Å². The third-order valence-corrected chi connectivity index (χ3v) is 3.53. The Bertz CT molecular complexity index is 838. The summed E-state index contributed by atoms with van der Waals surface area (Å²) >= 11 is 0. The summed E-state index contributed by atoms with van der Waals surface area (Å²) in [5.74, 6) is 0.354. The fraction of sp³-hybridized carbons (Fsp3) is 0.0556. The Labute approximate surface area is 128 Å². The lowest BCUT2D eigenvalue weighted by Gasteiger charge is -2.10. The zero-order valence-electron chi connectivity index (χ0n) is 12.2. The third kappa shape index (κ3) is 2.59. The van der Waals surface area contributed by atoms with Crippen molar-refractivity contribution in [2.24, 2.45) is 0 Å². The van der Waals surface area contributed by atoms with E-state index in [2.05, 4.69) is 5.32 Å². The van der Waals surface area contributed by atoms with Crippen molar-refractivity contribution in [1.82, 2.24) is 0 Å². The zero-order chi connectivity index (χ0) is 15.5. The molecule has 3 N–H and O–H groups in total. The molecule has 110 valence electrons. The number of carbonyl (C=O) groups excluding carboxylic acids is 1. The standard InChI is InChI=1S/C18H16N2O2/c1-22-17-10-9-13(11-15(17)19)18(21)20-16-8-4-6-12-5-2-3-7-14(12)16/h2-11H,19H2,1H3,(H,20,21). The van der Waals surface area contributed by atoms with Crippen LogP contribution < -0.4 is 15.8 Å². The summed E-state index contributed by atoms with van der Waals surface area (Å²) in [4.78, 5) is 12.4. The van der Waals surface area contributed by atoms with E-state index >= 15 is 0 Å². The fourth-order valence-electron chi connectivity index (χ4n) is 2.40. The first kappa shape index (κ1) is 13.9. The number of nitrogen functional groups attached to an aromatic ring is 1. The monoisotopic (exact) mass is 292 g/mol. The number of hydrogen-bond acceptors (Lipinski definition) is 3. The fourth-order valence-corrected chi connectivity index (χ4v) is 2.40. The molecule has 0 aliphatic rings. The van der Waals surface area contributed by atoms with Crippen molar-refractivity contribution in [2.75, 3.05) is 18.2 Å². The second-order valence-electron chi connectivity index (χ2n) is 4.94. The van der Waals surface area contributed by atoms with Crippen LogP contribution >= 0.6 is 0 Å². The summed E-state index contributed by atoms with van der Waals surface area (Å²) in [5, 5.41) is 5.01. The minimum absolute atomic E-state index is 0.203. The second kappa shape index (κ2) is 5.77. The van der Waals surface area contributed by atoms with Gasteiger partial charge < -0.3 is 15.8 Å². The number of nitrogens with two attached hydrogens (primary N) is 1. The van der Waals surface area contributed by atoms with Crippen LogP contribution in [0.1, 0.15) is 10.4 Å². The number of carbonyl (C=O) groups is 1. The van der Waals surface area contributed by atoms with Crippen molar-refractivity contribution in [3.8, 4) is 5.75 Å². The number of rotatable bonds is 3. The minimum Gasteiger partial charge on any atom is -0.495 e. The first-order valence-electron chi connectivity index (χ1n) is 6.91. The van der Waals surface area contributed by atoms with Gasteiger partial charge in [-0.2, -0.15) is 0 Å². The van der Waals surface area contributed by atoms with Gasteiger partial charge in [0, 0.05) is 16.6 Å². The van der Waals surface area contributed by atoms with Gasteiger partial charge in [0.25, 0.3) is 5.91 Å². The Morgan fingerprint density at radius 1 is 1.05 bits per heavy atom. The van der Waals surface area contributed by atoms with Gasteiger partial charge in [0.05, 0.1) is 12.8 Å². The summed E-state index contributed by atoms with van der Waals surface area (Å²) < 4.78 is 5.10. The molecular weight excluding hydrogens is 276 g/mol. The number of methoxy groups -OCH3 is 1. The molecule has 3 aromatic carbocycles. The summed E-state index contributed by atoms with van der Waals surface area (Å²) in [6, 6.07) is 18.7. The van der Waals surface area contributed by atoms with Gasteiger partial charge >= 0.3 is 0 Å². The van der Waals surface area contributed by atoms with Crippen LogP contribution in [0.2, 0.25) is 0 Å². The number of anilines is 2. The molecule has 0 saturated carbocycles. The van der Waals surface area contributed by atoms with E-state index in [0.717, 1.165) is 16.5 Å². The maximum atomic E-state index is 12.4. The molecule has 3 aromatic rings. The molecule has 0 bridgehead atoms. The molecule has 0 heterocycles. The Morgan fingerprint density at radius 3 is 2.59 bits per heavy atom.